The summed E-state index contributed by atoms with van der Waals surface area (Å²) in [6.07, 6.45) is 6.23. The summed E-state index contributed by atoms with van der Waals surface area (Å²) >= 11 is 0. The predicted molar refractivity (Wildman–Crippen MR) is 84.4 cm³/mol. The van der Waals surface area contributed by atoms with Crippen molar-refractivity contribution < 1.29 is 8.42 Å². The minimum atomic E-state index is -3.40. The van der Waals surface area contributed by atoms with Crippen LogP contribution >= 0.6 is 0 Å². The van der Waals surface area contributed by atoms with Crippen LogP contribution < -0.4 is 5.73 Å². The van der Waals surface area contributed by atoms with Gasteiger partial charge in [-0.15, -0.1) is 0 Å². The molecule has 0 aliphatic heterocycles. The molecule has 0 amide bonds. The zero-order chi connectivity index (χ0) is 15.5. The van der Waals surface area contributed by atoms with Crippen molar-refractivity contribution in [2.75, 3.05) is 13.1 Å². The largest absolute Gasteiger partial charge is 0.349 e. The molecule has 120 valence electrons. The van der Waals surface area contributed by atoms with Gasteiger partial charge in [-0.1, -0.05) is 20.3 Å². The first-order valence-corrected chi connectivity index (χ1v) is 9.36. The molecule has 0 spiro atoms. The molecule has 1 aliphatic carbocycles. The third-order valence-corrected chi connectivity index (χ3v) is 6.22. The van der Waals surface area contributed by atoms with Gasteiger partial charge in [0.2, 0.25) is 10.0 Å². The molecular formula is C15H27N3O2S. The average Bonchev–Trinajstić information content (AvgIpc) is 2.81. The molecule has 1 fully saturated rings. The SMILES string of the molecule is CCCn1cc(S(=O)(=O)N(CC)CC2CCC2)cc1CN. The second kappa shape index (κ2) is 6.94. The molecule has 0 bridgehead atoms. The molecule has 2 N–H and O–H groups in total. The fraction of sp³-hybridized carbons (Fsp3) is 0.733. The van der Waals surface area contributed by atoms with Crippen LogP contribution in [0.5, 0.6) is 0 Å². The Labute approximate surface area is 128 Å². The summed E-state index contributed by atoms with van der Waals surface area (Å²) in [5.74, 6) is 0.534. The third-order valence-electron chi connectivity index (χ3n) is 4.31. The Balaban J connectivity index is 2.23. The van der Waals surface area contributed by atoms with Gasteiger partial charge in [0.15, 0.2) is 0 Å². The van der Waals surface area contributed by atoms with E-state index in [4.69, 9.17) is 5.73 Å². The third kappa shape index (κ3) is 3.49. The van der Waals surface area contributed by atoms with Gasteiger partial charge in [0.05, 0.1) is 0 Å². The summed E-state index contributed by atoms with van der Waals surface area (Å²) in [6.45, 7) is 6.32. The van der Waals surface area contributed by atoms with Crippen LogP contribution in [-0.2, 0) is 23.1 Å². The average molecular weight is 313 g/mol. The Bertz CT molecular complexity index is 561. The van der Waals surface area contributed by atoms with Crippen molar-refractivity contribution in [3.8, 4) is 0 Å². The molecule has 5 nitrogen and oxygen atoms in total. The van der Waals surface area contributed by atoms with E-state index in [1.807, 2.05) is 11.5 Å². The van der Waals surface area contributed by atoms with E-state index in [2.05, 4.69) is 6.92 Å². The van der Waals surface area contributed by atoms with Crippen molar-refractivity contribution in [2.24, 2.45) is 11.7 Å². The van der Waals surface area contributed by atoms with E-state index in [1.165, 1.54) is 6.42 Å². The molecule has 1 aliphatic rings. The Morgan fingerprint density at radius 2 is 2.10 bits per heavy atom. The lowest BCUT2D eigenvalue weighted by Crippen LogP contribution is -2.37. The Hall–Kier alpha value is -0.850. The van der Waals surface area contributed by atoms with Crippen LogP contribution in [0.15, 0.2) is 17.2 Å². The van der Waals surface area contributed by atoms with Crippen molar-refractivity contribution in [1.29, 1.82) is 0 Å². The molecule has 1 saturated carbocycles. The number of nitrogens with two attached hydrogens (primary N) is 1. The highest BCUT2D eigenvalue weighted by atomic mass is 32.2. The molecule has 0 radical (unpaired) electrons. The van der Waals surface area contributed by atoms with Gasteiger partial charge in [-0.2, -0.15) is 4.31 Å². The molecule has 1 aromatic rings. The van der Waals surface area contributed by atoms with Crippen molar-refractivity contribution in [3.63, 3.8) is 0 Å². The summed E-state index contributed by atoms with van der Waals surface area (Å²) in [7, 11) is -3.40. The first-order chi connectivity index (χ1) is 10.0. The monoisotopic (exact) mass is 313 g/mol. The van der Waals surface area contributed by atoms with Crippen LogP contribution in [0.1, 0.15) is 45.2 Å². The van der Waals surface area contributed by atoms with Crippen molar-refractivity contribution >= 4 is 10.0 Å². The number of aromatic nitrogens is 1. The second-order valence-corrected chi connectivity index (χ2v) is 7.76. The van der Waals surface area contributed by atoms with E-state index >= 15 is 0 Å². The molecule has 6 heteroatoms. The number of aryl methyl sites for hydroxylation is 1. The van der Waals surface area contributed by atoms with Gasteiger partial charge in [0.25, 0.3) is 0 Å². The van der Waals surface area contributed by atoms with E-state index in [0.717, 1.165) is 31.5 Å². The highest BCUT2D eigenvalue weighted by molar-refractivity contribution is 7.89. The molecule has 0 aromatic carbocycles. The maximum atomic E-state index is 12.8. The molecular weight excluding hydrogens is 286 g/mol. The van der Waals surface area contributed by atoms with Crippen molar-refractivity contribution in [3.05, 3.63) is 18.0 Å². The van der Waals surface area contributed by atoms with Gasteiger partial charge in [0.1, 0.15) is 4.90 Å². The first-order valence-electron chi connectivity index (χ1n) is 7.92. The zero-order valence-corrected chi connectivity index (χ0v) is 13.9. The molecule has 0 unspecified atom stereocenters. The second-order valence-electron chi connectivity index (χ2n) is 5.82. The van der Waals surface area contributed by atoms with Crippen LogP contribution in [0.25, 0.3) is 0 Å². The lowest BCUT2D eigenvalue weighted by atomic mass is 9.85. The van der Waals surface area contributed by atoms with Crippen molar-refractivity contribution in [2.45, 2.75) is 57.5 Å². The standard InChI is InChI=1S/C15H27N3O2S/c1-3-8-17-12-15(9-14(17)10-16)21(19,20)18(4-2)11-13-6-5-7-13/h9,12-13H,3-8,10-11,16H2,1-2H3. The van der Waals surface area contributed by atoms with Crippen LogP contribution in [-0.4, -0.2) is 30.4 Å². The minimum Gasteiger partial charge on any atom is -0.349 e. The zero-order valence-electron chi connectivity index (χ0n) is 13.1. The Kier molecular flexibility index (Phi) is 5.46. The summed E-state index contributed by atoms with van der Waals surface area (Å²) in [5, 5.41) is 0. The van der Waals surface area contributed by atoms with Gasteiger partial charge in [-0.25, -0.2) is 8.42 Å². The fourth-order valence-electron chi connectivity index (χ4n) is 2.80. The number of sulfonamides is 1. The maximum absolute atomic E-state index is 12.8. The predicted octanol–water partition coefficient (Wildman–Crippen LogP) is 2.17. The summed E-state index contributed by atoms with van der Waals surface area (Å²) in [5.41, 5.74) is 6.61. The smallest absolute Gasteiger partial charge is 0.244 e. The topological polar surface area (TPSA) is 68.3 Å². The molecule has 0 atom stereocenters. The molecule has 0 saturated heterocycles. The number of hydrogen-bond donors (Lipinski definition) is 1. The molecule has 1 aromatic heterocycles. The van der Waals surface area contributed by atoms with E-state index in [9.17, 15) is 8.42 Å². The van der Waals surface area contributed by atoms with Crippen molar-refractivity contribution in [1.82, 2.24) is 8.87 Å². The summed E-state index contributed by atoms with van der Waals surface area (Å²) in [6, 6.07) is 1.73. The lowest BCUT2D eigenvalue weighted by Gasteiger charge is -2.30. The fourth-order valence-corrected chi connectivity index (χ4v) is 4.39. The van der Waals surface area contributed by atoms with Crippen LogP contribution in [0.4, 0.5) is 0 Å². The summed E-state index contributed by atoms with van der Waals surface area (Å²) in [4.78, 5) is 0.387. The van der Waals surface area contributed by atoms with E-state index in [0.29, 0.717) is 30.4 Å². The van der Waals surface area contributed by atoms with E-state index in [1.54, 1.807) is 16.6 Å². The van der Waals surface area contributed by atoms with Gasteiger partial charge in [-0.3, -0.25) is 0 Å². The minimum absolute atomic E-state index is 0.365. The lowest BCUT2D eigenvalue weighted by molar-refractivity contribution is 0.250. The van der Waals surface area contributed by atoms with Gasteiger partial charge < -0.3 is 10.3 Å². The highest BCUT2D eigenvalue weighted by Crippen LogP contribution is 2.29. The van der Waals surface area contributed by atoms with Crippen LogP contribution in [0.2, 0.25) is 0 Å². The summed E-state index contributed by atoms with van der Waals surface area (Å²) < 4.78 is 29.2. The maximum Gasteiger partial charge on any atom is 0.244 e. The van der Waals surface area contributed by atoms with Gasteiger partial charge >= 0.3 is 0 Å². The highest BCUT2D eigenvalue weighted by Gasteiger charge is 2.29. The molecule has 1 heterocycles. The molecule has 2 rings (SSSR count). The first kappa shape index (κ1) is 16.5. The number of nitrogens with zero attached hydrogens (tertiary/aromatic N) is 2. The number of rotatable bonds is 8. The van der Waals surface area contributed by atoms with Gasteiger partial charge in [-0.05, 0) is 31.2 Å². The van der Waals surface area contributed by atoms with E-state index < -0.39 is 10.0 Å². The van der Waals surface area contributed by atoms with Crippen LogP contribution in [0.3, 0.4) is 0 Å². The van der Waals surface area contributed by atoms with Gasteiger partial charge in [0, 0.05) is 38.1 Å². The Morgan fingerprint density at radius 3 is 2.57 bits per heavy atom. The number of hydrogen-bond acceptors (Lipinski definition) is 3. The van der Waals surface area contributed by atoms with Crippen LogP contribution in [0, 0.1) is 5.92 Å². The quantitative estimate of drug-likeness (QED) is 0.799. The van der Waals surface area contributed by atoms with E-state index in [-0.39, 0.29) is 0 Å². The normalized spacial score (nSPS) is 16.4. The molecule has 21 heavy (non-hydrogen) atoms. The Morgan fingerprint density at radius 1 is 1.38 bits per heavy atom.